The molecule has 1 aliphatic carbocycles. The third-order valence-corrected chi connectivity index (χ3v) is 6.77. The molecule has 2 aliphatic rings. The van der Waals surface area contributed by atoms with Gasteiger partial charge in [-0.05, 0) is 19.8 Å². The van der Waals surface area contributed by atoms with Crippen molar-refractivity contribution in [3.8, 4) is 0 Å². The van der Waals surface area contributed by atoms with Crippen LogP contribution in [-0.4, -0.2) is 74.9 Å². The summed E-state index contributed by atoms with van der Waals surface area (Å²) in [5.74, 6) is 0.889. The summed E-state index contributed by atoms with van der Waals surface area (Å²) in [7, 11) is 4.04. The van der Waals surface area contributed by atoms with Gasteiger partial charge >= 0.3 is 0 Å². The standard InChI is InChI=1S/C20H36N6OS/c1-4-21-18(22-14-17-15-28-19(24-17)25(2)3)23-16-20(8-6-5-7-9-20)26-10-12-27-13-11-26/h15H,4-14,16H2,1-3H3,(H2,21,22,23). The molecular weight excluding hydrogens is 372 g/mol. The molecule has 28 heavy (non-hydrogen) atoms. The highest BCUT2D eigenvalue weighted by molar-refractivity contribution is 7.13. The highest BCUT2D eigenvalue weighted by Crippen LogP contribution is 2.33. The first-order valence-corrected chi connectivity index (χ1v) is 11.5. The zero-order valence-electron chi connectivity index (χ0n) is 17.7. The van der Waals surface area contributed by atoms with E-state index in [0.29, 0.717) is 6.54 Å². The first kappa shape index (κ1) is 21.3. The van der Waals surface area contributed by atoms with Crippen LogP contribution >= 0.6 is 11.3 Å². The van der Waals surface area contributed by atoms with Gasteiger partial charge in [-0.2, -0.15) is 0 Å². The quantitative estimate of drug-likeness (QED) is 0.533. The fourth-order valence-corrected chi connectivity index (χ4v) is 4.93. The number of guanidine groups is 1. The van der Waals surface area contributed by atoms with Crippen LogP contribution < -0.4 is 15.5 Å². The van der Waals surface area contributed by atoms with Crippen molar-refractivity contribution in [1.82, 2.24) is 20.5 Å². The van der Waals surface area contributed by atoms with Crippen molar-refractivity contribution >= 4 is 22.4 Å². The normalized spacial score (nSPS) is 20.8. The molecule has 0 radical (unpaired) electrons. The molecule has 0 unspecified atom stereocenters. The lowest BCUT2D eigenvalue weighted by molar-refractivity contribution is -0.0352. The monoisotopic (exact) mass is 408 g/mol. The topological polar surface area (TPSA) is 65.0 Å². The molecule has 1 aromatic rings. The summed E-state index contributed by atoms with van der Waals surface area (Å²) in [4.78, 5) is 14.1. The van der Waals surface area contributed by atoms with Crippen LogP contribution in [0.5, 0.6) is 0 Å². The van der Waals surface area contributed by atoms with Crippen LogP contribution in [0, 0.1) is 0 Å². The van der Waals surface area contributed by atoms with E-state index in [1.165, 1.54) is 32.1 Å². The van der Waals surface area contributed by atoms with E-state index in [4.69, 9.17) is 9.73 Å². The van der Waals surface area contributed by atoms with E-state index in [1.54, 1.807) is 11.3 Å². The van der Waals surface area contributed by atoms with Gasteiger partial charge in [0.25, 0.3) is 0 Å². The average Bonchev–Trinajstić information content (AvgIpc) is 3.21. The van der Waals surface area contributed by atoms with Gasteiger partial charge in [0.05, 0.1) is 25.5 Å². The van der Waals surface area contributed by atoms with Gasteiger partial charge in [0.15, 0.2) is 11.1 Å². The maximum absolute atomic E-state index is 5.60. The fourth-order valence-electron chi connectivity index (χ4n) is 4.18. The Labute approximate surface area is 173 Å². The maximum Gasteiger partial charge on any atom is 0.191 e. The smallest absolute Gasteiger partial charge is 0.191 e. The molecule has 0 aromatic carbocycles. The molecule has 3 rings (SSSR count). The molecule has 1 aliphatic heterocycles. The number of nitrogens with one attached hydrogen (secondary N) is 2. The second kappa shape index (κ2) is 10.4. The first-order chi connectivity index (χ1) is 13.6. The summed E-state index contributed by atoms with van der Waals surface area (Å²) < 4.78 is 5.60. The molecule has 1 saturated heterocycles. The van der Waals surface area contributed by atoms with Gasteiger partial charge in [-0.25, -0.2) is 9.98 Å². The van der Waals surface area contributed by atoms with Crippen molar-refractivity contribution in [3.05, 3.63) is 11.1 Å². The maximum atomic E-state index is 5.60. The third kappa shape index (κ3) is 5.58. The predicted molar refractivity (Wildman–Crippen MR) is 117 cm³/mol. The number of thiazole rings is 1. The van der Waals surface area contributed by atoms with Gasteiger partial charge in [0, 0.05) is 51.2 Å². The summed E-state index contributed by atoms with van der Waals surface area (Å²) in [5, 5.41) is 10.2. The number of aromatic nitrogens is 1. The number of anilines is 1. The van der Waals surface area contributed by atoms with Gasteiger partial charge in [-0.1, -0.05) is 19.3 Å². The molecule has 2 N–H and O–H groups in total. The summed E-state index contributed by atoms with van der Waals surface area (Å²) in [6.07, 6.45) is 6.52. The number of ether oxygens (including phenoxy) is 1. The van der Waals surface area contributed by atoms with Crippen LogP contribution in [0.4, 0.5) is 5.13 Å². The van der Waals surface area contributed by atoms with E-state index in [-0.39, 0.29) is 5.54 Å². The lowest BCUT2D eigenvalue weighted by atomic mass is 9.80. The Hall–Kier alpha value is -1.38. The summed E-state index contributed by atoms with van der Waals surface area (Å²) >= 11 is 1.66. The molecule has 7 nitrogen and oxygen atoms in total. The number of morpholine rings is 1. The molecule has 0 spiro atoms. The molecular formula is C20H36N6OS. The number of rotatable bonds is 7. The largest absolute Gasteiger partial charge is 0.379 e. The molecule has 1 aromatic heterocycles. The molecule has 0 atom stereocenters. The van der Waals surface area contributed by atoms with E-state index in [1.807, 2.05) is 19.0 Å². The van der Waals surface area contributed by atoms with Crippen molar-refractivity contribution < 1.29 is 4.74 Å². The van der Waals surface area contributed by atoms with E-state index in [0.717, 1.165) is 56.2 Å². The van der Waals surface area contributed by atoms with Crippen LogP contribution in [-0.2, 0) is 11.3 Å². The van der Waals surface area contributed by atoms with E-state index < -0.39 is 0 Å². The Kier molecular flexibility index (Phi) is 7.93. The lowest BCUT2D eigenvalue weighted by Crippen LogP contribution is -2.60. The van der Waals surface area contributed by atoms with Crippen LogP contribution in [0.2, 0.25) is 0 Å². The molecule has 1 saturated carbocycles. The Morgan fingerprint density at radius 3 is 2.64 bits per heavy atom. The van der Waals surface area contributed by atoms with Gasteiger partial charge < -0.3 is 20.3 Å². The Morgan fingerprint density at radius 1 is 1.25 bits per heavy atom. The Balaban J connectivity index is 1.64. The lowest BCUT2D eigenvalue weighted by Gasteiger charge is -2.48. The summed E-state index contributed by atoms with van der Waals surface area (Å²) in [5.41, 5.74) is 1.25. The molecule has 2 heterocycles. The minimum atomic E-state index is 0.233. The second-order valence-corrected chi connectivity index (χ2v) is 8.79. The van der Waals surface area contributed by atoms with E-state index in [2.05, 4.69) is 32.8 Å². The number of hydrogen-bond acceptors (Lipinski definition) is 6. The van der Waals surface area contributed by atoms with E-state index >= 15 is 0 Å². The number of aliphatic imine (C=N–C) groups is 1. The van der Waals surface area contributed by atoms with Crippen LogP contribution in [0.25, 0.3) is 0 Å². The Morgan fingerprint density at radius 2 is 2.00 bits per heavy atom. The number of hydrogen-bond donors (Lipinski definition) is 2. The van der Waals surface area contributed by atoms with E-state index in [9.17, 15) is 0 Å². The minimum absolute atomic E-state index is 0.233. The first-order valence-electron chi connectivity index (χ1n) is 10.6. The van der Waals surface area contributed by atoms with Gasteiger partial charge in [-0.15, -0.1) is 11.3 Å². The highest BCUT2D eigenvalue weighted by Gasteiger charge is 2.38. The van der Waals surface area contributed by atoms with Crippen molar-refractivity contribution in [2.75, 3.05) is 58.4 Å². The minimum Gasteiger partial charge on any atom is -0.379 e. The van der Waals surface area contributed by atoms with Gasteiger partial charge in [-0.3, -0.25) is 4.90 Å². The van der Waals surface area contributed by atoms with Crippen LogP contribution in [0.3, 0.4) is 0 Å². The van der Waals surface area contributed by atoms with Gasteiger partial charge in [0.2, 0.25) is 0 Å². The summed E-state index contributed by atoms with van der Waals surface area (Å²) in [6, 6.07) is 0. The number of nitrogens with zero attached hydrogens (tertiary/aromatic N) is 4. The SMILES string of the molecule is CCNC(=NCc1csc(N(C)C)n1)NCC1(N2CCOCC2)CCCCC1. The van der Waals surface area contributed by atoms with Crippen molar-refractivity contribution in [1.29, 1.82) is 0 Å². The average molecular weight is 409 g/mol. The highest BCUT2D eigenvalue weighted by atomic mass is 32.1. The third-order valence-electron chi connectivity index (χ3n) is 5.72. The Bertz CT molecular complexity index is 620. The fraction of sp³-hybridized carbons (Fsp3) is 0.800. The molecule has 2 fully saturated rings. The molecule has 0 bridgehead atoms. The molecule has 8 heteroatoms. The van der Waals surface area contributed by atoms with Crippen molar-refractivity contribution in [2.24, 2.45) is 4.99 Å². The molecule has 158 valence electrons. The second-order valence-electron chi connectivity index (χ2n) is 7.95. The molecule has 0 amide bonds. The van der Waals surface area contributed by atoms with Crippen LogP contribution in [0.1, 0.15) is 44.7 Å². The zero-order chi connectivity index (χ0) is 19.8. The van der Waals surface area contributed by atoms with Gasteiger partial charge in [0.1, 0.15) is 0 Å². The van der Waals surface area contributed by atoms with Crippen LogP contribution in [0.15, 0.2) is 10.4 Å². The van der Waals surface area contributed by atoms with Crippen molar-refractivity contribution in [3.63, 3.8) is 0 Å². The predicted octanol–water partition coefficient (Wildman–Crippen LogP) is 2.30. The zero-order valence-corrected chi connectivity index (χ0v) is 18.5. The summed E-state index contributed by atoms with van der Waals surface area (Å²) in [6.45, 7) is 8.31. The van der Waals surface area contributed by atoms with Crippen molar-refractivity contribution in [2.45, 2.75) is 51.1 Å².